The number of carboxylic acid groups (broad SMARTS) is 1. The molecule has 2 rings (SSSR count). The van der Waals surface area contributed by atoms with Gasteiger partial charge < -0.3 is 5.11 Å². The van der Waals surface area contributed by atoms with E-state index < -0.39 is 11.5 Å². The molecule has 0 saturated carbocycles. The molecule has 0 aliphatic rings. The first-order valence-corrected chi connectivity index (χ1v) is 4.88. The Labute approximate surface area is 96.1 Å². The van der Waals surface area contributed by atoms with E-state index in [9.17, 15) is 9.59 Å². The fourth-order valence-electron chi connectivity index (χ4n) is 1.75. The summed E-state index contributed by atoms with van der Waals surface area (Å²) in [6.45, 7) is -0.0980. The Morgan fingerprint density at radius 1 is 1.41 bits per heavy atom. The highest BCUT2D eigenvalue weighted by Gasteiger charge is 2.12. The molecule has 0 unspecified atom stereocenters. The van der Waals surface area contributed by atoms with Crippen LogP contribution < -0.4 is 5.56 Å². The van der Waals surface area contributed by atoms with Gasteiger partial charge in [-0.05, 0) is 6.07 Å². The summed E-state index contributed by atoms with van der Waals surface area (Å²) in [7, 11) is 0. The van der Waals surface area contributed by atoms with Crippen molar-refractivity contribution in [2.24, 2.45) is 0 Å². The molecule has 1 aromatic carbocycles. The minimum atomic E-state index is -1.15. The Hall–Kier alpha value is -2.61. The van der Waals surface area contributed by atoms with Crippen molar-refractivity contribution in [2.75, 3.05) is 0 Å². The minimum absolute atomic E-state index is 0.0419. The predicted octanol–water partition coefficient (Wildman–Crippen LogP) is 1.22. The van der Waals surface area contributed by atoms with E-state index in [1.165, 1.54) is 4.57 Å². The first-order chi connectivity index (χ1) is 8.15. The summed E-state index contributed by atoms with van der Waals surface area (Å²) >= 11 is 0. The second kappa shape index (κ2) is 4.10. The monoisotopic (exact) mass is 228 g/mol. The highest BCUT2D eigenvalue weighted by Crippen LogP contribution is 2.16. The number of para-hydroxylation sites is 1. The summed E-state index contributed by atoms with van der Waals surface area (Å²) in [4.78, 5) is 22.7. The van der Waals surface area contributed by atoms with Crippen molar-refractivity contribution in [1.29, 1.82) is 5.26 Å². The molecule has 0 atom stereocenters. The summed E-state index contributed by atoms with van der Waals surface area (Å²) in [5.74, 6) is -1.15. The van der Waals surface area contributed by atoms with Crippen molar-refractivity contribution < 1.29 is 9.90 Å². The van der Waals surface area contributed by atoms with Gasteiger partial charge in [0, 0.05) is 11.5 Å². The molecule has 5 heteroatoms. The zero-order chi connectivity index (χ0) is 12.4. The number of aromatic nitrogens is 1. The van der Waals surface area contributed by atoms with Gasteiger partial charge in [-0.25, -0.2) is 4.79 Å². The third-order valence-electron chi connectivity index (χ3n) is 2.48. The van der Waals surface area contributed by atoms with Crippen LogP contribution in [0.1, 0.15) is 10.4 Å². The molecule has 1 heterocycles. The van der Waals surface area contributed by atoms with Crippen LogP contribution in [0.15, 0.2) is 35.1 Å². The standard InChI is InChI=1S/C12H8N2O3/c13-5-6-14-10-4-2-1-3-8(10)9(12(16)17)7-11(14)15/h1-4,7H,6H2,(H,16,17). The number of fused-ring (bicyclic) bond motifs is 1. The van der Waals surface area contributed by atoms with Crippen LogP contribution in [0.5, 0.6) is 0 Å². The smallest absolute Gasteiger partial charge is 0.336 e. The first kappa shape index (κ1) is 10.9. The van der Waals surface area contributed by atoms with E-state index in [2.05, 4.69) is 0 Å². The van der Waals surface area contributed by atoms with Gasteiger partial charge >= 0.3 is 5.97 Å². The van der Waals surface area contributed by atoms with E-state index in [0.717, 1.165) is 6.07 Å². The zero-order valence-corrected chi connectivity index (χ0v) is 8.75. The maximum Gasteiger partial charge on any atom is 0.336 e. The molecule has 0 aliphatic carbocycles. The summed E-state index contributed by atoms with van der Waals surface area (Å²) in [6.07, 6.45) is 0. The van der Waals surface area contributed by atoms with Crippen LogP contribution in [0.25, 0.3) is 10.9 Å². The molecule has 0 bridgehead atoms. The van der Waals surface area contributed by atoms with Gasteiger partial charge in [0.2, 0.25) is 0 Å². The van der Waals surface area contributed by atoms with Gasteiger partial charge in [0.25, 0.3) is 5.56 Å². The third kappa shape index (κ3) is 1.76. The lowest BCUT2D eigenvalue weighted by Gasteiger charge is -2.08. The van der Waals surface area contributed by atoms with Crippen LogP contribution in [0.3, 0.4) is 0 Å². The molecular weight excluding hydrogens is 220 g/mol. The highest BCUT2D eigenvalue weighted by molar-refractivity contribution is 6.02. The number of hydrogen-bond donors (Lipinski definition) is 1. The average Bonchev–Trinajstić information content (AvgIpc) is 2.32. The van der Waals surface area contributed by atoms with E-state index in [1.807, 2.05) is 6.07 Å². The SMILES string of the molecule is N#CCn1c(=O)cc(C(=O)O)c2ccccc21. The minimum Gasteiger partial charge on any atom is -0.478 e. The number of benzene rings is 1. The molecule has 5 nitrogen and oxygen atoms in total. The number of carbonyl (C=O) groups is 1. The van der Waals surface area contributed by atoms with Crippen LogP contribution in [0, 0.1) is 11.3 Å². The third-order valence-corrected chi connectivity index (χ3v) is 2.48. The highest BCUT2D eigenvalue weighted by atomic mass is 16.4. The van der Waals surface area contributed by atoms with Crippen molar-refractivity contribution in [2.45, 2.75) is 6.54 Å². The molecule has 0 radical (unpaired) electrons. The zero-order valence-electron chi connectivity index (χ0n) is 8.75. The van der Waals surface area contributed by atoms with Gasteiger partial charge in [-0.15, -0.1) is 0 Å². The fraction of sp³-hybridized carbons (Fsp3) is 0.0833. The van der Waals surface area contributed by atoms with E-state index in [0.29, 0.717) is 10.9 Å². The molecule has 17 heavy (non-hydrogen) atoms. The Morgan fingerprint density at radius 2 is 2.12 bits per heavy atom. The molecule has 0 fully saturated rings. The van der Waals surface area contributed by atoms with Crippen molar-refractivity contribution >= 4 is 16.9 Å². The van der Waals surface area contributed by atoms with Gasteiger partial charge in [0.05, 0.1) is 17.1 Å². The van der Waals surface area contributed by atoms with Crippen LogP contribution in [0.2, 0.25) is 0 Å². The maximum absolute atomic E-state index is 11.7. The van der Waals surface area contributed by atoms with Crippen LogP contribution in [-0.2, 0) is 6.54 Å². The molecule has 0 saturated heterocycles. The van der Waals surface area contributed by atoms with E-state index in [1.54, 1.807) is 24.3 Å². The quantitative estimate of drug-likeness (QED) is 0.837. The molecule has 0 spiro atoms. The number of nitrogens with zero attached hydrogens (tertiary/aromatic N) is 2. The Kier molecular flexibility index (Phi) is 2.63. The number of hydrogen-bond acceptors (Lipinski definition) is 3. The summed E-state index contributed by atoms with van der Waals surface area (Å²) in [5.41, 5.74) is -0.0682. The Bertz CT molecular complexity index is 695. The Balaban J connectivity index is 2.93. The molecule has 0 aliphatic heterocycles. The van der Waals surface area contributed by atoms with Gasteiger partial charge in [-0.2, -0.15) is 5.26 Å². The topological polar surface area (TPSA) is 83.1 Å². The largest absolute Gasteiger partial charge is 0.478 e. The lowest BCUT2D eigenvalue weighted by molar-refractivity contribution is 0.0699. The van der Waals surface area contributed by atoms with Crippen molar-refractivity contribution in [3.63, 3.8) is 0 Å². The summed E-state index contributed by atoms with van der Waals surface area (Å²) in [6, 6.07) is 9.55. The molecule has 2 aromatic rings. The van der Waals surface area contributed by atoms with Gasteiger partial charge in [0.15, 0.2) is 0 Å². The summed E-state index contributed by atoms with van der Waals surface area (Å²) in [5, 5.41) is 18.1. The van der Waals surface area contributed by atoms with E-state index in [-0.39, 0.29) is 12.1 Å². The van der Waals surface area contributed by atoms with Crippen molar-refractivity contribution in [1.82, 2.24) is 4.57 Å². The van der Waals surface area contributed by atoms with Gasteiger partial charge in [0.1, 0.15) is 6.54 Å². The lowest BCUT2D eigenvalue weighted by Crippen LogP contribution is -2.21. The molecule has 0 amide bonds. The van der Waals surface area contributed by atoms with Crippen molar-refractivity contribution in [3.05, 3.63) is 46.2 Å². The molecule has 1 N–H and O–H groups in total. The number of pyridine rings is 1. The molecule has 84 valence electrons. The van der Waals surface area contributed by atoms with Crippen LogP contribution in [0.4, 0.5) is 0 Å². The van der Waals surface area contributed by atoms with E-state index >= 15 is 0 Å². The number of carboxylic acids is 1. The number of nitriles is 1. The fourth-order valence-corrected chi connectivity index (χ4v) is 1.75. The Morgan fingerprint density at radius 3 is 2.76 bits per heavy atom. The van der Waals surface area contributed by atoms with Gasteiger partial charge in [-0.3, -0.25) is 9.36 Å². The second-order valence-electron chi connectivity index (χ2n) is 3.46. The maximum atomic E-state index is 11.7. The first-order valence-electron chi connectivity index (χ1n) is 4.88. The summed E-state index contributed by atoms with van der Waals surface area (Å²) < 4.78 is 1.25. The second-order valence-corrected chi connectivity index (χ2v) is 3.46. The lowest BCUT2D eigenvalue weighted by atomic mass is 10.1. The number of rotatable bonds is 2. The number of aromatic carboxylic acids is 1. The predicted molar refractivity (Wildman–Crippen MR) is 60.8 cm³/mol. The van der Waals surface area contributed by atoms with Crippen LogP contribution >= 0.6 is 0 Å². The van der Waals surface area contributed by atoms with Crippen molar-refractivity contribution in [3.8, 4) is 6.07 Å². The van der Waals surface area contributed by atoms with Gasteiger partial charge in [-0.1, -0.05) is 18.2 Å². The molecular formula is C12H8N2O3. The normalized spacial score (nSPS) is 10.1. The van der Waals surface area contributed by atoms with E-state index in [4.69, 9.17) is 10.4 Å². The van der Waals surface area contributed by atoms with Crippen LogP contribution in [-0.4, -0.2) is 15.6 Å². The molecule has 1 aromatic heterocycles. The average molecular weight is 228 g/mol.